The highest BCUT2D eigenvalue weighted by atomic mass is 16.5. The summed E-state index contributed by atoms with van der Waals surface area (Å²) < 4.78 is 7.63. The molecule has 0 bridgehead atoms. The number of aromatic nitrogens is 1. The molecule has 3 nitrogen and oxygen atoms in total. The third-order valence-electron chi connectivity index (χ3n) is 5.13. The Morgan fingerprint density at radius 3 is 2.43 bits per heavy atom. The van der Waals surface area contributed by atoms with Crippen molar-refractivity contribution in [2.45, 2.75) is 6.54 Å². The number of ether oxygens (including phenoxy) is 1. The van der Waals surface area contributed by atoms with Crippen LogP contribution in [0.4, 0.5) is 0 Å². The minimum Gasteiger partial charge on any atom is -0.497 e. The van der Waals surface area contributed by atoms with Gasteiger partial charge in [-0.25, -0.2) is 4.99 Å². The molecule has 28 heavy (non-hydrogen) atoms. The number of rotatable bonds is 3. The maximum Gasteiger partial charge on any atom is 0.118 e. The number of benzene rings is 3. The van der Waals surface area contributed by atoms with Crippen molar-refractivity contribution in [3.8, 4) is 5.75 Å². The van der Waals surface area contributed by atoms with Crippen molar-refractivity contribution in [3.63, 3.8) is 0 Å². The number of allylic oxidation sites excluding steroid dienone is 1. The minimum atomic E-state index is 0.755. The normalized spacial score (nSPS) is 14.8. The van der Waals surface area contributed by atoms with Gasteiger partial charge < -0.3 is 9.30 Å². The lowest BCUT2D eigenvalue weighted by Gasteiger charge is -2.19. The Balaban J connectivity index is 1.66. The smallest absolute Gasteiger partial charge is 0.118 e. The topological polar surface area (TPSA) is 26.5 Å². The minimum absolute atomic E-state index is 0.755. The molecule has 1 aliphatic heterocycles. The van der Waals surface area contributed by atoms with E-state index in [-0.39, 0.29) is 0 Å². The Morgan fingerprint density at radius 2 is 1.64 bits per heavy atom. The molecule has 1 aliphatic rings. The van der Waals surface area contributed by atoms with Crippen LogP contribution in [-0.2, 0) is 6.54 Å². The van der Waals surface area contributed by atoms with Gasteiger partial charge in [0.05, 0.1) is 30.8 Å². The number of aliphatic imine (C=N–C) groups is 1. The number of methoxy groups -OCH3 is 1. The van der Waals surface area contributed by atoms with Crippen molar-refractivity contribution < 1.29 is 4.74 Å². The van der Waals surface area contributed by atoms with Crippen molar-refractivity contribution in [3.05, 3.63) is 107 Å². The van der Waals surface area contributed by atoms with Gasteiger partial charge in [0, 0.05) is 16.5 Å². The highest BCUT2D eigenvalue weighted by Crippen LogP contribution is 2.29. The molecule has 136 valence electrons. The molecule has 2 heterocycles. The van der Waals surface area contributed by atoms with Crippen LogP contribution >= 0.6 is 0 Å². The average molecular weight is 364 g/mol. The Morgan fingerprint density at radius 1 is 0.893 bits per heavy atom. The molecule has 0 spiro atoms. The van der Waals surface area contributed by atoms with Crippen molar-refractivity contribution in [1.29, 1.82) is 0 Å². The molecule has 0 atom stereocenters. The van der Waals surface area contributed by atoms with E-state index in [9.17, 15) is 0 Å². The second kappa shape index (κ2) is 6.86. The fraction of sp³-hybridized carbons (Fsp3) is 0.0800. The molecule has 3 aromatic carbocycles. The fourth-order valence-electron chi connectivity index (χ4n) is 3.75. The Labute approximate surface area is 164 Å². The van der Waals surface area contributed by atoms with Crippen LogP contribution in [0.25, 0.3) is 17.0 Å². The maximum absolute atomic E-state index is 5.27. The number of fused-ring (bicyclic) bond motifs is 3. The monoisotopic (exact) mass is 364 g/mol. The second-order valence-electron chi connectivity index (χ2n) is 6.91. The number of para-hydroxylation sites is 1. The van der Waals surface area contributed by atoms with Gasteiger partial charge >= 0.3 is 0 Å². The van der Waals surface area contributed by atoms with E-state index in [1.165, 1.54) is 16.6 Å². The van der Waals surface area contributed by atoms with Gasteiger partial charge in [0.1, 0.15) is 5.75 Å². The molecule has 3 heteroatoms. The van der Waals surface area contributed by atoms with Crippen molar-refractivity contribution in [2.75, 3.05) is 7.11 Å². The summed E-state index contributed by atoms with van der Waals surface area (Å²) in [6, 6.07) is 29.3. The van der Waals surface area contributed by atoms with Crippen LogP contribution in [0.1, 0.15) is 16.8 Å². The van der Waals surface area contributed by atoms with E-state index >= 15 is 0 Å². The van der Waals surface area contributed by atoms with Crippen LogP contribution in [0.2, 0.25) is 0 Å². The first-order valence-electron chi connectivity index (χ1n) is 9.39. The maximum atomic E-state index is 5.27. The predicted octanol–water partition coefficient (Wildman–Crippen LogP) is 5.54. The van der Waals surface area contributed by atoms with Gasteiger partial charge in [0.25, 0.3) is 0 Å². The zero-order valence-corrected chi connectivity index (χ0v) is 15.7. The number of nitrogens with zero attached hydrogens (tertiary/aromatic N) is 2. The molecule has 0 saturated heterocycles. The Bertz CT molecular complexity index is 1200. The van der Waals surface area contributed by atoms with Crippen molar-refractivity contribution in [2.24, 2.45) is 4.99 Å². The molecule has 0 N–H and O–H groups in total. The number of hydrogen-bond acceptors (Lipinski definition) is 2. The summed E-state index contributed by atoms with van der Waals surface area (Å²) in [6.45, 7) is 0.755. The highest BCUT2D eigenvalue weighted by molar-refractivity contribution is 6.15. The molecule has 0 fully saturated rings. The molecular formula is C25H20N2O. The fourth-order valence-corrected chi connectivity index (χ4v) is 3.75. The molecule has 0 saturated carbocycles. The van der Waals surface area contributed by atoms with Crippen LogP contribution in [-0.4, -0.2) is 17.4 Å². The van der Waals surface area contributed by atoms with E-state index in [1.807, 2.05) is 18.2 Å². The summed E-state index contributed by atoms with van der Waals surface area (Å²) in [6.07, 6.45) is 2.15. The molecule has 0 amide bonds. The standard InChI is InChI=1S/C25H20N2O/c1-28-22-13-11-18(12-14-22)15-21-17-27-23-10-6-5-9-20(23)16-24(27)25(26-21)19-7-3-2-4-8-19/h2-16H,17H2,1H3/b21-15-. The third kappa shape index (κ3) is 2.91. The van der Waals surface area contributed by atoms with Crippen LogP contribution in [0.3, 0.4) is 0 Å². The summed E-state index contributed by atoms with van der Waals surface area (Å²) in [5.74, 6) is 0.859. The molecular weight excluding hydrogens is 344 g/mol. The SMILES string of the molecule is COc1ccc(/C=C2/Cn3c(cc4ccccc43)C(c3ccccc3)=N2)cc1. The van der Waals surface area contributed by atoms with Gasteiger partial charge in [-0.1, -0.05) is 60.7 Å². The molecule has 1 aromatic heterocycles. The molecule has 0 radical (unpaired) electrons. The summed E-state index contributed by atoms with van der Waals surface area (Å²) in [7, 11) is 1.68. The van der Waals surface area contributed by atoms with E-state index in [2.05, 4.69) is 77.4 Å². The summed E-state index contributed by atoms with van der Waals surface area (Å²) in [4.78, 5) is 5.05. The van der Waals surface area contributed by atoms with E-state index in [0.29, 0.717) is 0 Å². The average Bonchev–Trinajstić information content (AvgIpc) is 3.13. The van der Waals surface area contributed by atoms with E-state index in [0.717, 1.165) is 34.8 Å². The van der Waals surface area contributed by atoms with Crippen LogP contribution in [0, 0.1) is 0 Å². The molecule has 0 unspecified atom stereocenters. The van der Waals surface area contributed by atoms with Crippen LogP contribution < -0.4 is 4.74 Å². The predicted molar refractivity (Wildman–Crippen MR) is 115 cm³/mol. The zero-order valence-electron chi connectivity index (χ0n) is 15.7. The van der Waals surface area contributed by atoms with E-state index < -0.39 is 0 Å². The molecule has 5 rings (SSSR count). The van der Waals surface area contributed by atoms with Gasteiger partial charge in [-0.3, -0.25) is 0 Å². The molecule has 4 aromatic rings. The van der Waals surface area contributed by atoms with Gasteiger partial charge in [-0.2, -0.15) is 0 Å². The quantitative estimate of drug-likeness (QED) is 0.469. The Hall–Kier alpha value is -3.59. The van der Waals surface area contributed by atoms with Gasteiger partial charge in [0.2, 0.25) is 0 Å². The summed E-state index contributed by atoms with van der Waals surface area (Å²) >= 11 is 0. The second-order valence-corrected chi connectivity index (χ2v) is 6.91. The zero-order chi connectivity index (χ0) is 18.9. The van der Waals surface area contributed by atoms with Gasteiger partial charge in [-0.05, 0) is 35.9 Å². The van der Waals surface area contributed by atoms with Crippen molar-refractivity contribution in [1.82, 2.24) is 4.57 Å². The number of hydrogen-bond donors (Lipinski definition) is 0. The largest absolute Gasteiger partial charge is 0.497 e. The molecule has 0 aliphatic carbocycles. The highest BCUT2D eigenvalue weighted by Gasteiger charge is 2.21. The van der Waals surface area contributed by atoms with E-state index in [1.54, 1.807) is 7.11 Å². The van der Waals surface area contributed by atoms with Gasteiger partial charge in [0.15, 0.2) is 0 Å². The summed E-state index contributed by atoms with van der Waals surface area (Å²) in [5, 5.41) is 1.24. The van der Waals surface area contributed by atoms with Gasteiger partial charge in [-0.15, -0.1) is 0 Å². The van der Waals surface area contributed by atoms with Crippen LogP contribution in [0.15, 0.2) is 95.6 Å². The first-order valence-corrected chi connectivity index (χ1v) is 9.39. The summed E-state index contributed by atoms with van der Waals surface area (Å²) in [5.41, 5.74) is 6.71. The lowest BCUT2D eigenvalue weighted by Crippen LogP contribution is -2.17. The van der Waals surface area contributed by atoms with E-state index in [4.69, 9.17) is 9.73 Å². The lowest BCUT2D eigenvalue weighted by atomic mass is 10.1. The van der Waals surface area contributed by atoms with Crippen molar-refractivity contribution >= 4 is 22.7 Å². The van der Waals surface area contributed by atoms with Crippen LogP contribution in [0.5, 0.6) is 5.75 Å². The first-order chi connectivity index (χ1) is 13.8. The third-order valence-corrected chi connectivity index (χ3v) is 5.13. The lowest BCUT2D eigenvalue weighted by molar-refractivity contribution is 0.415. The first kappa shape index (κ1) is 16.6. The Kier molecular flexibility index (Phi) is 4.06.